The van der Waals surface area contributed by atoms with Crippen LogP contribution in [0.3, 0.4) is 0 Å². The first-order valence-electron chi connectivity index (χ1n) is 6.27. The second kappa shape index (κ2) is 7.71. The lowest BCUT2D eigenvalue weighted by molar-refractivity contribution is -0.138. The summed E-state index contributed by atoms with van der Waals surface area (Å²) in [5, 5.41) is 5.89. The van der Waals surface area contributed by atoms with Crippen LogP contribution in [0, 0.1) is 0 Å². The molecular formula is C13H17F3IN3O. The van der Waals surface area contributed by atoms with Gasteiger partial charge < -0.3 is 15.4 Å². The van der Waals surface area contributed by atoms with E-state index in [1.54, 1.807) is 0 Å². The number of hydrogen-bond acceptors (Lipinski definition) is 4. The van der Waals surface area contributed by atoms with Gasteiger partial charge in [0.05, 0.1) is 12.7 Å². The van der Waals surface area contributed by atoms with E-state index in [-0.39, 0.29) is 41.8 Å². The molecule has 2 rings (SSSR count). The fourth-order valence-electron chi connectivity index (χ4n) is 1.93. The lowest BCUT2D eigenvalue weighted by Crippen LogP contribution is -2.40. The molecule has 0 bridgehead atoms. The van der Waals surface area contributed by atoms with Crippen LogP contribution in [0.15, 0.2) is 23.2 Å². The van der Waals surface area contributed by atoms with Crippen LogP contribution >= 0.6 is 24.0 Å². The van der Waals surface area contributed by atoms with Gasteiger partial charge in [-0.25, -0.2) is 0 Å². The Morgan fingerprint density at radius 2 is 2.14 bits per heavy atom. The Kier molecular flexibility index (Phi) is 6.56. The van der Waals surface area contributed by atoms with Crippen LogP contribution in [0.2, 0.25) is 0 Å². The van der Waals surface area contributed by atoms with Gasteiger partial charge in [0, 0.05) is 19.6 Å². The summed E-state index contributed by atoms with van der Waals surface area (Å²) >= 11 is 0. The van der Waals surface area contributed by atoms with E-state index in [0.717, 1.165) is 19.0 Å². The van der Waals surface area contributed by atoms with Crippen LogP contribution in [0.1, 0.15) is 17.5 Å². The predicted octanol–water partition coefficient (Wildman–Crippen LogP) is 2.77. The number of nitrogens with zero attached hydrogens (tertiary/aromatic N) is 1. The highest BCUT2D eigenvalue weighted by atomic mass is 127. The van der Waals surface area contributed by atoms with Crippen molar-refractivity contribution in [3.05, 3.63) is 29.3 Å². The van der Waals surface area contributed by atoms with Crippen molar-refractivity contribution < 1.29 is 17.9 Å². The SMILES string of the molecule is COc1ccc(CNC2=NCCCN2)c(C(F)(F)F)c1.I. The summed E-state index contributed by atoms with van der Waals surface area (Å²) < 4.78 is 43.8. The van der Waals surface area contributed by atoms with Crippen molar-refractivity contribution in [2.75, 3.05) is 20.2 Å². The smallest absolute Gasteiger partial charge is 0.416 e. The molecule has 0 saturated carbocycles. The third-order valence-corrected chi connectivity index (χ3v) is 2.97. The first-order valence-corrected chi connectivity index (χ1v) is 6.27. The van der Waals surface area contributed by atoms with E-state index in [1.807, 2.05) is 0 Å². The number of alkyl halides is 3. The van der Waals surface area contributed by atoms with Crippen LogP contribution < -0.4 is 15.4 Å². The Labute approximate surface area is 138 Å². The van der Waals surface area contributed by atoms with Crippen molar-refractivity contribution in [3.63, 3.8) is 0 Å². The molecule has 0 aliphatic carbocycles. The van der Waals surface area contributed by atoms with Crippen molar-refractivity contribution in [1.82, 2.24) is 10.6 Å². The van der Waals surface area contributed by atoms with Gasteiger partial charge in [0.25, 0.3) is 0 Å². The highest BCUT2D eigenvalue weighted by molar-refractivity contribution is 14.0. The molecule has 0 amide bonds. The molecule has 2 N–H and O–H groups in total. The van der Waals surface area contributed by atoms with E-state index in [9.17, 15) is 13.2 Å². The molecule has 1 heterocycles. The first-order chi connectivity index (χ1) is 9.50. The molecule has 8 heteroatoms. The minimum absolute atomic E-state index is 0. The molecule has 1 aromatic rings. The standard InChI is InChI=1S/C13H16F3N3O.HI/c1-20-10-4-3-9(11(7-10)13(14,15)16)8-19-12-17-5-2-6-18-12;/h3-4,7H,2,5-6,8H2,1H3,(H2,17,18,19);1H. The summed E-state index contributed by atoms with van der Waals surface area (Å²) in [6, 6.07) is 3.94. The normalized spacial score (nSPS) is 14.6. The van der Waals surface area contributed by atoms with Crippen molar-refractivity contribution in [3.8, 4) is 5.75 Å². The summed E-state index contributed by atoms with van der Waals surface area (Å²) in [4.78, 5) is 4.16. The number of guanidine groups is 1. The molecule has 1 aliphatic rings. The third-order valence-electron chi connectivity index (χ3n) is 2.97. The van der Waals surface area contributed by atoms with Crippen molar-refractivity contribution in [1.29, 1.82) is 0 Å². The molecule has 0 fully saturated rings. The zero-order valence-electron chi connectivity index (χ0n) is 11.5. The van der Waals surface area contributed by atoms with Gasteiger partial charge in [-0.15, -0.1) is 24.0 Å². The molecule has 21 heavy (non-hydrogen) atoms. The van der Waals surface area contributed by atoms with Gasteiger partial charge in [0.2, 0.25) is 0 Å². The van der Waals surface area contributed by atoms with Gasteiger partial charge >= 0.3 is 6.18 Å². The molecular weight excluding hydrogens is 398 g/mol. The Hall–Kier alpha value is -1.19. The number of benzene rings is 1. The van der Waals surface area contributed by atoms with Crippen LogP contribution in [-0.4, -0.2) is 26.2 Å². The summed E-state index contributed by atoms with van der Waals surface area (Å²) in [5.74, 6) is 0.731. The number of ether oxygens (including phenoxy) is 1. The van der Waals surface area contributed by atoms with Crippen molar-refractivity contribution in [2.24, 2.45) is 4.99 Å². The lowest BCUT2D eigenvalue weighted by atomic mass is 10.1. The van der Waals surface area contributed by atoms with Gasteiger partial charge in [0.15, 0.2) is 5.96 Å². The molecule has 0 unspecified atom stereocenters. The maximum absolute atomic E-state index is 13.0. The highest BCUT2D eigenvalue weighted by Crippen LogP contribution is 2.34. The molecule has 0 aromatic heterocycles. The predicted molar refractivity (Wildman–Crippen MR) is 85.2 cm³/mol. The second-order valence-electron chi connectivity index (χ2n) is 4.39. The average Bonchev–Trinajstić information content (AvgIpc) is 2.45. The number of rotatable bonds is 3. The van der Waals surface area contributed by atoms with Crippen molar-refractivity contribution in [2.45, 2.75) is 19.1 Å². The van der Waals surface area contributed by atoms with E-state index in [0.29, 0.717) is 12.5 Å². The van der Waals surface area contributed by atoms with Gasteiger partial charge in [-0.1, -0.05) is 6.07 Å². The zero-order chi connectivity index (χ0) is 14.6. The number of methoxy groups -OCH3 is 1. The molecule has 0 atom stereocenters. The number of nitrogens with one attached hydrogen (secondary N) is 2. The molecule has 4 nitrogen and oxygen atoms in total. The van der Waals surface area contributed by atoms with E-state index >= 15 is 0 Å². The highest BCUT2D eigenvalue weighted by Gasteiger charge is 2.33. The largest absolute Gasteiger partial charge is 0.497 e. The van der Waals surface area contributed by atoms with Crippen molar-refractivity contribution >= 4 is 29.9 Å². The van der Waals surface area contributed by atoms with Gasteiger partial charge in [-0.3, -0.25) is 4.99 Å². The van der Waals surface area contributed by atoms with Crippen LogP contribution in [-0.2, 0) is 12.7 Å². The maximum atomic E-state index is 13.0. The summed E-state index contributed by atoms with van der Waals surface area (Å²) in [5.41, 5.74) is -0.533. The summed E-state index contributed by atoms with van der Waals surface area (Å²) in [6.07, 6.45) is -3.48. The average molecular weight is 415 g/mol. The Morgan fingerprint density at radius 1 is 1.38 bits per heavy atom. The van der Waals surface area contributed by atoms with E-state index < -0.39 is 11.7 Å². The minimum atomic E-state index is -4.41. The Morgan fingerprint density at radius 3 is 2.71 bits per heavy atom. The van der Waals surface area contributed by atoms with Gasteiger partial charge in [-0.2, -0.15) is 13.2 Å². The fraction of sp³-hybridized carbons (Fsp3) is 0.462. The second-order valence-corrected chi connectivity index (χ2v) is 4.39. The molecule has 0 saturated heterocycles. The minimum Gasteiger partial charge on any atom is -0.497 e. The molecule has 0 radical (unpaired) electrons. The Bertz CT molecular complexity index is 506. The number of aliphatic imine (C=N–C) groups is 1. The third kappa shape index (κ3) is 4.94. The summed E-state index contributed by atoms with van der Waals surface area (Å²) in [6.45, 7) is 1.52. The first kappa shape index (κ1) is 17.9. The lowest BCUT2D eigenvalue weighted by Gasteiger charge is -2.18. The zero-order valence-corrected chi connectivity index (χ0v) is 13.8. The topological polar surface area (TPSA) is 45.6 Å². The quantitative estimate of drug-likeness (QED) is 0.747. The van der Waals surface area contributed by atoms with E-state index in [2.05, 4.69) is 15.6 Å². The summed E-state index contributed by atoms with van der Waals surface area (Å²) in [7, 11) is 1.34. The van der Waals surface area contributed by atoms with E-state index in [1.165, 1.54) is 19.2 Å². The van der Waals surface area contributed by atoms with Crippen LogP contribution in [0.4, 0.5) is 13.2 Å². The molecule has 1 aliphatic heterocycles. The number of halogens is 4. The Balaban J connectivity index is 0.00000220. The maximum Gasteiger partial charge on any atom is 0.416 e. The van der Waals surface area contributed by atoms with Gasteiger partial charge in [0.1, 0.15) is 5.75 Å². The van der Waals surface area contributed by atoms with Crippen LogP contribution in [0.25, 0.3) is 0 Å². The molecule has 1 aromatic carbocycles. The monoisotopic (exact) mass is 415 g/mol. The fourth-order valence-corrected chi connectivity index (χ4v) is 1.93. The molecule has 0 spiro atoms. The molecule has 118 valence electrons. The number of hydrogen-bond donors (Lipinski definition) is 2. The van der Waals surface area contributed by atoms with Crippen LogP contribution in [0.5, 0.6) is 5.75 Å². The van der Waals surface area contributed by atoms with E-state index in [4.69, 9.17) is 4.74 Å². The van der Waals surface area contributed by atoms with Gasteiger partial charge in [-0.05, 0) is 24.1 Å².